The molecule has 0 aromatic carbocycles. The summed E-state index contributed by atoms with van der Waals surface area (Å²) >= 11 is 0. The molecule has 0 unspecified atom stereocenters. The van der Waals surface area contributed by atoms with Crippen molar-refractivity contribution in [2.45, 2.75) is 156 Å². The highest BCUT2D eigenvalue weighted by atomic mass is 28.4. The van der Waals surface area contributed by atoms with E-state index < -0.39 is 34.7 Å². The van der Waals surface area contributed by atoms with E-state index in [0.29, 0.717) is 16.6 Å². The van der Waals surface area contributed by atoms with Gasteiger partial charge >= 0.3 is 11.9 Å². The van der Waals surface area contributed by atoms with Crippen LogP contribution in [0.3, 0.4) is 0 Å². The Morgan fingerprint density at radius 3 is 1.94 bits per heavy atom. The molecule has 0 aliphatic rings. The van der Waals surface area contributed by atoms with Gasteiger partial charge in [0.15, 0.2) is 8.32 Å². The van der Waals surface area contributed by atoms with E-state index in [2.05, 4.69) is 114 Å². The van der Waals surface area contributed by atoms with E-state index in [1.54, 1.807) is 12.2 Å². The van der Waals surface area contributed by atoms with Crippen molar-refractivity contribution in [1.29, 1.82) is 0 Å². The van der Waals surface area contributed by atoms with E-state index in [9.17, 15) is 14.7 Å². The second kappa shape index (κ2) is 22.0. The highest BCUT2D eigenvalue weighted by molar-refractivity contribution is 6.77. The minimum atomic E-state index is -2.29. The van der Waals surface area contributed by atoms with Crippen molar-refractivity contribution in [3.05, 3.63) is 59.3 Å². The van der Waals surface area contributed by atoms with Gasteiger partial charge in [0.1, 0.15) is 6.61 Å². The zero-order valence-corrected chi connectivity index (χ0v) is 35.9. The Hall–Kier alpha value is -2.05. The summed E-state index contributed by atoms with van der Waals surface area (Å²) in [6.45, 7) is 33.2. The van der Waals surface area contributed by atoms with Gasteiger partial charge in [-0.05, 0) is 73.9 Å². The molecule has 0 spiro atoms. The second-order valence-electron chi connectivity index (χ2n) is 15.9. The maximum absolute atomic E-state index is 12.2. The minimum Gasteiger partial charge on any atom is -0.466 e. The van der Waals surface area contributed by atoms with Gasteiger partial charge in [-0.15, -0.1) is 0 Å². The maximum atomic E-state index is 12.2. The van der Waals surface area contributed by atoms with Crippen LogP contribution in [0.1, 0.15) is 109 Å². The molecule has 7 nitrogen and oxygen atoms in total. The first-order chi connectivity index (χ1) is 22.5. The largest absolute Gasteiger partial charge is 0.466 e. The Labute approximate surface area is 302 Å². The summed E-state index contributed by atoms with van der Waals surface area (Å²) < 4.78 is 23.4. The third kappa shape index (κ3) is 16.2. The fourth-order valence-corrected chi connectivity index (χ4v) is 12.5. The van der Waals surface area contributed by atoms with Gasteiger partial charge in [-0.1, -0.05) is 117 Å². The van der Waals surface area contributed by atoms with E-state index in [0.717, 1.165) is 31.4 Å². The van der Waals surface area contributed by atoms with Crippen molar-refractivity contribution in [3.63, 3.8) is 0 Å². The smallest absolute Gasteiger partial charge is 0.337 e. The number of ether oxygens (including phenoxy) is 2. The van der Waals surface area contributed by atoms with Crippen LogP contribution >= 0.6 is 0 Å². The SMILES string of the molecule is COC(=O)/C(=C/C=C/[C@@H](O)[C@@H](C)[C@@H](/C=C/C(C)=C/C/C=C(\C)CCCO[Si](C)(C)C(C)(C)C)O[Si](C(C)C)(C(C)C)C(C)C)COC(C)=O. The van der Waals surface area contributed by atoms with Gasteiger partial charge in [0.2, 0.25) is 8.32 Å². The number of aliphatic hydroxyl groups excluding tert-OH is 1. The molecule has 3 atom stereocenters. The van der Waals surface area contributed by atoms with Crippen LogP contribution in [0.4, 0.5) is 0 Å². The Bertz CT molecular complexity index is 1150. The number of esters is 2. The van der Waals surface area contributed by atoms with Crippen LogP contribution in [0.25, 0.3) is 0 Å². The summed E-state index contributed by atoms with van der Waals surface area (Å²) in [6, 6.07) is 0. The Morgan fingerprint density at radius 2 is 1.45 bits per heavy atom. The number of hydrogen-bond donors (Lipinski definition) is 1. The third-order valence-electron chi connectivity index (χ3n) is 10.0. The number of hydrogen-bond acceptors (Lipinski definition) is 7. The fraction of sp³-hybridized carbons (Fsp3) is 0.700. The highest BCUT2D eigenvalue weighted by Crippen LogP contribution is 2.44. The van der Waals surface area contributed by atoms with Gasteiger partial charge < -0.3 is 23.4 Å². The van der Waals surface area contributed by atoms with E-state index in [-0.39, 0.29) is 29.2 Å². The van der Waals surface area contributed by atoms with Crippen LogP contribution in [0.2, 0.25) is 34.8 Å². The molecule has 9 heteroatoms. The number of carbonyl (C=O) groups is 2. The number of rotatable bonds is 21. The lowest BCUT2D eigenvalue weighted by Gasteiger charge is -2.45. The topological polar surface area (TPSA) is 91.3 Å². The van der Waals surface area contributed by atoms with Gasteiger partial charge in [-0.25, -0.2) is 4.79 Å². The molecule has 0 amide bonds. The van der Waals surface area contributed by atoms with E-state index >= 15 is 0 Å². The van der Waals surface area contributed by atoms with E-state index in [1.807, 2.05) is 6.92 Å². The molecule has 0 saturated heterocycles. The molecule has 0 radical (unpaired) electrons. The van der Waals surface area contributed by atoms with Crippen LogP contribution in [0.15, 0.2) is 59.3 Å². The predicted octanol–water partition coefficient (Wildman–Crippen LogP) is 10.4. The Morgan fingerprint density at radius 1 is 0.878 bits per heavy atom. The van der Waals surface area contributed by atoms with Crippen LogP contribution in [-0.2, 0) is 27.9 Å². The van der Waals surface area contributed by atoms with Gasteiger partial charge in [0, 0.05) is 19.4 Å². The molecule has 1 N–H and O–H groups in total. The minimum absolute atomic E-state index is 0.178. The first-order valence-corrected chi connectivity index (χ1v) is 23.2. The monoisotopic (exact) mass is 720 g/mol. The molecule has 0 aliphatic carbocycles. The predicted molar refractivity (Wildman–Crippen MR) is 211 cm³/mol. The summed E-state index contributed by atoms with van der Waals surface area (Å²) in [5.41, 5.74) is 3.83. The molecule has 0 aromatic rings. The van der Waals surface area contributed by atoms with Crippen molar-refractivity contribution in [3.8, 4) is 0 Å². The van der Waals surface area contributed by atoms with Gasteiger partial charge in [0.25, 0.3) is 0 Å². The quantitative estimate of drug-likeness (QED) is 0.0315. The van der Waals surface area contributed by atoms with Crippen molar-refractivity contribution in [2.75, 3.05) is 20.3 Å². The first-order valence-electron chi connectivity index (χ1n) is 18.1. The third-order valence-corrected chi connectivity index (χ3v) is 20.7. The highest BCUT2D eigenvalue weighted by Gasteiger charge is 2.47. The average Bonchev–Trinajstić information content (AvgIpc) is 2.98. The Kier molecular flexibility index (Phi) is 21.1. The molecule has 0 heterocycles. The summed E-state index contributed by atoms with van der Waals surface area (Å²) in [6.07, 6.45) is 15.2. The number of aliphatic hydroxyl groups is 1. The van der Waals surface area contributed by atoms with Crippen LogP contribution in [0, 0.1) is 5.92 Å². The maximum Gasteiger partial charge on any atom is 0.337 e. The number of carbonyl (C=O) groups excluding carboxylic acids is 2. The molecule has 282 valence electrons. The first kappa shape index (κ1) is 47.0. The molecule has 0 bridgehead atoms. The molecule has 0 fully saturated rings. The number of methoxy groups -OCH3 is 1. The van der Waals surface area contributed by atoms with Crippen LogP contribution < -0.4 is 0 Å². The molecule has 0 aliphatic heterocycles. The standard InChI is InChI=1S/C40H72O7Si2/c1-29(2)49(30(3)4,31(5)6)47-38(34(9)37(42)24-18-23-36(39(43)44-14)28-45-35(10)41)26-25-33(8)21-17-20-32(7)22-19-27-46-48(15,16)40(11,12)13/h18,20-21,23-26,29-31,34,37-38,42H,17,19,22,27-28H2,1-16H3/b24-18+,26-25+,32-20+,33-21+,36-23+/t34-,37-,38-/m1/s1. The zero-order chi connectivity index (χ0) is 38.2. The molecule has 49 heavy (non-hydrogen) atoms. The van der Waals surface area contributed by atoms with Gasteiger partial charge in [-0.2, -0.15) is 0 Å². The molecular formula is C40H72O7Si2. The van der Waals surface area contributed by atoms with E-state index in [4.69, 9.17) is 18.3 Å². The molecule has 0 saturated carbocycles. The van der Waals surface area contributed by atoms with Crippen LogP contribution in [-0.4, -0.2) is 66.2 Å². The van der Waals surface area contributed by atoms with Gasteiger partial charge in [-0.3, -0.25) is 4.79 Å². The lowest BCUT2D eigenvalue weighted by molar-refractivity contribution is -0.142. The van der Waals surface area contributed by atoms with Gasteiger partial charge in [0.05, 0.1) is 24.9 Å². The number of allylic oxidation sites excluding steroid dienone is 7. The second-order valence-corrected chi connectivity index (χ2v) is 26.1. The molecular weight excluding hydrogens is 649 g/mol. The normalized spacial score (nSPS) is 16.3. The zero-order valence-electron chi connectivity index (χ0n) is 33.9. The average molecular weight is 721 g/mol. The van der Waals surface area contributed by atoms with E-state index in [1.165, 1.54) is 25.7 Å². The fourth-order valence-electron chi connectivity index (χ4n) is 5.86. The molecule has 0 rings (SSSR count). The summed E-state index contributed by atoms with van der Waals surface area (Å²) in [7, 11) is -2.72. The molecule has 0 aromatic heterocycles. The lowest BCUT2D eigenvalue weighted by atomic mass is 9.96. The van der Waals surface area contributed by atoms with Crippen LogP contribution in [0.5, 0.6) is 0 Å². The van der Waals surface area contributed by atoms with Crippen molar-refractivity contribution in [2.24, 2.45) is 5.92 Å². The van der Waals surface area contributed by atoms with Crippen molar-refractivity contribution >= 4 is 28.6 Å². The van der Waals surface area contributed by atoms with Crippen molar-refractivity contribution < 1.29 is 33.0 Å². The summed E-state index contributed by atoms with van der Waals surface area (Å²) in [5, 5.41) is 11.6. The Balaban J connectivity index is 6.03. The van der Waals surface area contributed by atoms with Crippen molar-refractivity contribution in [1.82, 2.24) is 0 Å². The lowest BCUT2D eigenvalue weighted by Crippen LogP contribution is -2.51. The summed E-state index contributed by atoms with van der Waals surface area (Å²) in [4.78, 5) is 23.4. The summed E-state index contributed by atoms with van der Waals surface area (Å²) in [5.74, 6) is -1.37.